The van der Waals surface area contributed by atoms with Crippen LogP contribution < -0.4 is 0 Å². The van der Waals surface area contributed by atoms with Crippen molar-refractivity contribution in [1.29, 1.82) is 0 Å². The second kappa shape index (κ2) is 7.99. The van der Waals surface area contributed by atoms with Gasteiger partial charge >= 0.3 is 0 Å². The van der Waals surface area contributed by atoms with Gasteiger partial charge in [-0.15, -0.1) is 0 Å². The van der Waals surface area contributed by atoms with E-state index >= 15 is 0 Å². The zero-order chi connectivity index (χ0) is 7.82. The molecule has 3 heteroatoms. The van der Waals surface area contributed by atoms with E-state index in [1.54, 1.807) is 0 Å². The van der Waals surface area contributed by atoms with Crippen molar-refractivity contribution in [2.24, 2.45) is 5.92 Å². The zero-order valence-electron chi connectivity index (χ0n) is 5.82. The summed E-state index contributed by atoms with van der Waals surface area (Å²) in [6.07, 6.45) is 3.81. The van der Waals surface area contributed by atoms with E-state index in [2.05, 4.69) is 38.3 Å². The lowest BCUT2D eigenvalue weighted by molar-refractivity contribution is 0.409. The van der Waals surface area contributed by atoms with Gasteiger partial charge < -0.3 is 0 Å². The molecule has 0 amide bonds. The van der Waals surface area contributed by atoms with Crippen LogP contribution in [0.1, 0.15) is 12.8 Å². The molecule has 1 unspecified atom stereocenters. The Morgan fingerprint density at radius 2 is 2.00 bits per heavy atom. The Morgan fingerprint density at radius 3 is 2.40 bits per heavy atom. The minimum atomic E-state index is -0.207. The van der Waals surface area contributed by atoms with Crippen molar-refractivity contribution in [2.75, 3.05) is 17.3 Å². The molecule has 0 aromatic carbocycles. The maximum atomic E-state index is 11.8. The summed E-state index contributed by atoms with van der Waals surface area (Å²) in [4.78, 5) is 0. The van der Waals surface area contributed by atoms with Crippen LogP contribution >= 0.6 is 31.9 Å². The van der Waals surface area contributed by atoms with Crippen LogP contribution in [-0.4, -0.2) is 17.3 Å². The number of hydrogen-bond acceptors (Lipinski definition) is 0. The van der Waals surface area contributed by atoms with Gasteiger partial charge in [-0.2, -0.15) is 0 Å². The van der Waals surface area contributed by atoms with E-state index in [4.69, 9.17) is 0 Å². The molecule has 0 saturated heterocycles. The highest BCUT2D eigenvalue weighted by molar-refractivity contribution is 9.09. The molecule has 1 radical (unpaired) electrons. The minimum absolute atomic E-state index is 0.207. The Morgan fingerprint density at radius 1 is 1.30 bits per heavy atom. The van der Waals surface area contributed by atoms with Crippen LogP contribution in [0.15, 0.2) is 0 Å². The molecule has 0 aromatic heterocycles. The minimum Gasteiger partial charge on any atom is -0.251 e. The molecule has 0 heterocycles. The Kier molecular flexibility index (Phi) is 8.70. The maximum Gasteiger partial charge on any atom is 0.0897 e. The number of rotatable bonds is 6. The molecule has 0 N–H and O–H groups in total. The highest BCUT2D eigenvalue weighted by Crippen LogP contribution is 2.15. The standard InChI is InChI=1S/C7H12Br2F/c8-4-1-7(2-5-9)3-6-10/h1,7H,2-6H2. The molecule has 0 aromatic rings. The molecule has 10 heavy (non-hydrogen) atoms. The molecule has 0 fully saturated rings. The van der Waals surface area contributed by atoms with Gasteiger partial charge in [0.1, 0.15) is 0 Å². The van der Waals surface area contributed by atoms with Crippen LogP contribution in [0.25, 0.3) is 0 Å². The van der Waals surface area contributed by atoms with E-state index in [1.807, 2.05) is 0 Å². The van der Waals surface area contributed by atoms with E-state index in [9.17, 15) is 4.39 Å². The predicted octanol–water partition coefficient (Wildman–Crippen LogP) is 3.35. The molecule has 0 aliphatic heterocycles. The lowest BCUT2D eigenvalue weighted by Crippen LogP contribution is -2.03. The fourth-order valence-electron chi connectivity index (χ4n) is 0.786. The van der Waals surface area contributed by atoms with Crippen LogP contribution in [-0.2, 0) is 0 Å². The Bertz CT molecular complexity index is 54.4. The third-order valence-electron chi connectivity index (χ3n) is 1.38. The van der Waals surface area contributed by atoms with Crippen LogP contribution in [0.4, 0.5) is 4.39 Å². The third kappa shape index (κ3) is 5.66. The van der Waals surface area contributed by atoms with Gasteiger partial charge in [0.2, 0.25) is 0 Å². The number of halogens is 3. The van der Waals surface area contributed by atoms with E-state index in [0.717, 1.165) is 17.1 Å². The third-order valence-corrected chi connectivity index (χ3v) is 2.21. The van der Waals surface area contributed by atoms with Crippen LogP contribution in [0.3, 0.4) is 0 Å². The quantitative estimate of drug-likeness (QED) is 0.652. The van der Waals surface area contributed by atoms with Gasteiger partial charge in [-0.1, -0.05) is 31.9 Å². The summed E-state index contributed by atoms with van der Waals surface area (Å²) in [6.45, 7) is -0.207. The smallest absolute Gasteiger partial charge is 0.0897 e. The highest BCUT2D eigenvalue weighted by atomic mass is 79.9. The first-order chi connectivity index (χ1) is 4.85. The first-order valence-corrected chi connectivity index (χ1v) is 5.60. The molecule has 0 spiro atoms. The number of hydrogen-bond donors (Lipinski definition) is 0. The average Bonchev–Trinajstić information content (AvgIpc) is 1.90. The molecule has 0 bridgehead atoms. The van der Waals surface area contributed by atoms with E-state index in [1.165, 1.54) is 0 Å². The van der Waals surface area contributed by atoms with Gasteiger partial charge in [0.05, 0.1) is 6.67 Å². The largest absolute Gasteiger partial charge is 0.251 e. The fraction of sp³-hybridized carbons (Fsp3) is 0.857. The predicted molar refractivity (Wildman–Crippen MR) is 50.6 cm³/mol. The first-order valence-electron chi connectivity index (χ1n) is 3.36. The molecule has 61 valence electrons. The van der Waals surface area contributed by atoms with Gasteiger partial charge in [0, 0.05) is 10.7 Å². The maximum absolute atomic E-state index is 11.8. The van der Waals surface area contributed by atoms with Gasteiger partial charge in [0.25, 0.3) is 0 Å². The summed E-state index contributed by atoms with van der Waals surface area (Å²) in [6, 6.07) is 0. The molecule has 0 aliphatic carbocycles. The van der Waals surface area contributed by atoms with Crippen molar-refractivity contribution in [1.82, 2.24) is 0 Å². The second-order valence-electron chi connectivity index (χ2n) is 2.11. The van der Waals surface area contributed by atoms with Crippen molar-refractivity contribution in [3.05, 3.63) is 6.42 Å². The van der Waals surface area contributed by atoms with Gasteiger partial charge in [-0.25, -0.2) is 0 Å². The normalized spacial score (nSPS) is 10.8. The molecule has 1 atom stereocenters. The van der Waals surface area contributed by atoms with Gasteiger partial charge in [-0.3, -0.25) is 4.39 Å². The van der Waals surface area contributed by atoms with Gasteiger partial charge in [-0.05, 0) is 25.2 Å². The molecule has 0 rings (SSSR count). The summed E-state index contributed by atoms with van der Waals surface area (Å²) in [5, 5.41) is 1.83. The van der Waals surface area contributed by atoms with Crippen LogP contribution in [0, 0.1) is 12.3 Å². The second-order valence-corrected chi connectivity index (χ2v) is 3.55. The average molecular weight is 275 g/mol. The van der Waals surface area contributed by atoms with E-state index < -0.39 is 0 Å². The van der Waals surface area contributed by atoms with Crippen molar-refractivity contribution in [3.63, 3.8) is 0 Å². The van der Waals surface area contributed by atoms with Crippen molar-refractivity contribution in [3.8, 4) is 0 Å². The summed E-state index contributed by atoms with van der Waals surface area (Å²) in [7, 11) is 0. The summed E-state index contributed by atoms with van der Waals surface area (Å²) in [5.41, 5.74) is 0. The lowest BCUT2D eigenvalue weighted by Gasteiger charge is -2.10. The van der Waals surface area contributed by atoms with Crippen LogP contribution in [0.2, 0.25) is 0 Å². The summed E-state index contributed by atoms with van der Waals surface area (Å²) >= 11 is 6.63. The van der Waals surface area contributed by atoms with E-state index in [0.29, 0.717) is 12.3 Å². The zero-order valence-corrected chi connectivity index (χ0v) is 9.00. The van der Waals surface area contributed by atoms with Gasteiger partial charge in [0.15, 0.2) is 0 Å². The summed E-state index contributed by atoms with van der Waals surface area (Å²) in [5.74, 6) is 0.434. The Hall–Kier alpha value is 0.890. The molecule has 0 nitrogen and oxygen atoms in total. The first kappa shape index (κ1) is 10.9. The SMILES string of the molecule is FCCC([CH]CBr)CCBr. The molecular weight excluding hydrogens is 263 g/mol. The number of alkyl halides is 3. The van der Waals surface area contributed by atoms with Crippen molar-refractivity contribution >= 4 is 31.9 Å². The molecular formula is C7H12Br2F. The topological polar surface area (TPSA) is 0 Å². The highest BCUT2D eigenvalue weighted by Gasteiger charge is 2.06. The lowest BCUT2D eigenvalue weighted by atomic mass is 10.0. The Labute approximate surface area is 78.8 Å². The van der Waals surface area contributed by atoms with Crippen molar-refractivity contribution < 1.29 is 4.39 Å². The molecule has 0 aliphatic rings. The summed E-state index contributed by atoms with van der Waals surface area (Å²) < 4.78 is 11.8. The fourth-order valence-corrected chi connectivity index (χ4v) is 1.90. The van der Waals surface area contributed by atoms with E-state index in [-0.39, 0.29) is 6.67 Å². The molecule has 0 saturated carbocycles. The van der Waals surface area contributed by atoms with Crippen molar-refractivity contribution in [2.45, 2.75) is 12.8 Å². The van der Waals surface area contributed by atoms with Crippen LogP contribution in [0.5, 0.6) is 0 Å². The Balaban J connectivity index is 3.30. The monoisotopic (exact) mass is 273 g/mol.